The van der Waals surface area contributed by atoms with Crippen molar-refractivity contribution in [3.63, 3.8) is 0 Å². The first-order chi connectivity index (χ1) is 9.00. The zero-order valence-electron chi connectivity index (χ0n) is 11.4. The maximum absolute atomic E-state index is 11.4. The van der Waals surface area contributed by atoms with Crippen LogP contribution in [0.1, 0.15) is 19.2 Å². The van der Waals surface area contributed by atoms with Gasteiger partial charge in [0.2, 0.25) is 10.0 Å². The van der Waals surface area contributed by atoms with Gasteiger partial charge in [0, 0.05) is 32.7 Å². The Morgan fingerprint density at radius 2 is 1.89 bits per heavy atom. The standard InChI is InChI=1S/C10H20N6O2S/c1-3-4-16-10(11-12-13-16)9-14-5-7-15(8-6-14)19(2,17)18/h3-9H2,1-2H3. The topological polar surface area (TPSA) is 84.2 Å². The van der Waals surface area contributed by atoms with Crippen LogP contribution in [0.15, 0.2) is 0 Å². The van der Waals surface area contributed by atoms with Crippen molar-refractivity contribution in [2.75, 3.05) is 32.4 Å². The van der Waals surface area contributed by atoms with Gasteiger partial charge >= 0.3 is 0 Å². The van der Waals surface area contributed by atoms with E-state index in [2.05, 4.69) is 27.3 Å². The first-order valence-corrected chi connectivity index (χ1v) is 8.28. The highest BCUT2D eigenvalue weighted by molar-refractivity contribution is 7.88. The van der Waals surface area contributed by atoms with Crippen LogP contribution in [0.4, 0.5) is 0 Å². The molecule has 0 atom stereocenters. The summed E-state index contributed by atoms with van der Waals surface area (Å²) in [5, 5.41) is 11.7. The molecule has 0 unspecified atom stereocenters. The Kier molecular flexibility index (Phi) is 4.48. The molecule has 0 N–H and O–H groups in total. The summed E-state index contributed by atoms with van der Waals surface area (Å²) in [5.74, 6) is 0.842. The molecule has 0 bridgehead atoms. The summed E-state index contributed by atoms with van der Waals surface area (Å²) in [7, 11) is -3.07. The lowest BCUT2D eigenvalue weighted by Crippen LogP contribution is -2.48. The van der Waals surface area contributed by atoms with E-state index in [0.29, 0.717) is 32.7 Å². The van der Waals surface area contributed by atoms with Gasteiger partial charge in [-0.3, -0.25) is 4.90 Å². The molecule has 0 spiro atoms. The van der Waals surface area contributed by atoms with E-state index in [0.717, 1.165) is 18.8 Å². The normalized spacial score (nSPS) is 18.8. The van der Waals surface area contributed by atoms with E-state index in [4.69, 9.17) is 0 Å². The van der Waals surface area contributed by atoms with Gasteiger partial charge in [-0.15, -0.1) is 5.10 Å². The van der Waals surface area contributed by atoms with Crippen molar-refractivity contribution < 1.29 is 8.42 Å². The third kappa shape index (κ3) is 3.71. The predicted molar refractivity (Wildman–Crippen MR) is 69.8 cm³/mol. The molecule has 8 nitrogen and oxygen atoms in total. The lowest BCUT2D eigenvalue weighted by atomic mass is 10.3. The van der Waals surface area contributed by atoms with E-state index >= 15 is 0 Å². The minimum atomic E-state index is -3.07. The Hall–Kier alpha value is -1.06. The van der Waals surface area contributed by atoms with Gasteiger partial charge in [0.25, 0.3) is 0 Å². The van der Waals surface area contributed by atoms with E-state index < -0.39 is 10.0 Å². The fraction of sp³-hybridized carbons (Fsp3) is 0.900. The van der Waals surface area contributed by atoms with Crippen LogP contribution in [-0.4, -0.2) is 70.3 Å². The molecule has 19 heavy (non-hydrogen) atoms. The Morgan fingerprint density at radius 3 is 2.47 bits per heavy atom. The van der Waals surface area contributed by atoms with Gasteiger partial charge in [-0.2, -0.15) is 4.31 Å². The third-order valence-corrected chi connectivity index (χ3v) is 4.51. The molecule has 9 heteroatoms. The van der Waals surface area contributed by atoms with Crippen LogP contribution in [0.25, 0.3) is 0 Å². The van der Waals surface area contributed by atoms with Gasteiger partial charge in [0.1, 0.15) is 0 Å². The Balaban J connectivity index is 1.90. The molecule has 2 heterocycles. The summed E-state index contributed by atoms with van der Waals surface area (Å²) >= 11 is 0. The van der Waals surface area contributed by atoms with Crippen LogP contribution < -0.4 is 0 Å². The summed E-state index contributed by atoms with van der Waals surface area (Å²) in [6.07, 6.45) is 2.24. The quantitative estimate of drug-likeness (QED) is 0.702. The number of hydrogen-bond acceptors (Lipinski definition) is 6. The van der Waals surface area contributed by atoms with E-state index in [-0.39, 0.29) is 0 Å². The molecule has 0 aliphatic carbocycles. The number of tetrazole rings is 1. The van der Waals surface area contributed by atoms with Gasteiger partial charge in [0.15, 0.2) is 5.82 Å². The summed E-state index contributed by atoms with van der Waals surface area (Å²) in [5.41, 5.74) is 0. The largest absolute Gasteiger partial charge is 0.293 e. The average molecular weight is 288 g/mol. The number of piperazine rings is 1. The van der Waals surface area contributed by atoms with Crippen LogP contribution in [0, 0.1) is 0 Å². The van der Waals surface area contributed by atoms with E-state index in [1.807, 2.05) is 4.68 Å². The number of nitrogens with zero attached hydrogens (tertiary/aromatic N) is 6. The molecule has 0 amide bonds. The van der Waals surface area contributed by atoms with Crippen molar-refractivity contribution in [2.45, 2.75) is 26.4 Å². The molecule has 0 saturated carbocycles. The molecule has 2 rings (SSSR count). The number of aryl methyl sites for hydroxylation is 1. The van der Waals surface area contributed by atoms with Crippen molar-refractivity contribution >= 4 is 10.0 Å². The van der Waals surface area contributed by atoms with Crippen molar-refractivity contribution in [2.24, 2.45) is 0 Å². The molecule has 1 saturated heterocycles. The van der Waals surface area contributed by atoms with Crippen molar-refractivity contribution in [1.29, 1.82) is 0 Å². The van der Waals surface area contributed by atoms with Crippen LogP contribution in [0.5, 0.6) is 0 Å². The summed E-state index contributed by atoms with van der Waals surface area (Å²) < 4.78 is 26.2. The zero-order chi connectivity index (χ0) is 13.9. The molecule has 1 aliphatic heterocycles. The van der Waals surface area contributed by atoms with Crippen molar-refractivity contribution in [3.8, 4) is 0 Å². The van der Waals surface area contributed by atoms with Crippen molar-refractivity contribution in [3.05, 3.63) is 5.82 Å². The maximum Gasteiger partial charge on any atom is 0.211 e. The minimum absolute atomic E-state index is 0.536. The highest BCUT2D eigenvalue weighted by Gasteiger charge is 2.24. The molecule has 0 aromatic carbocycles. The lowest BCUT2D eigenvalue weighted by Gasteiger charge is -2.32. The fourth-order valence-corrected chi connectivity index (χ4v) is 2.97. The monoisotopic (exact) mass is 288 g/mol. The maximum atomic E-state index is 11.4. The van der Waals surface area contributed by atoms with Crippen LogP contribution >= 0.6 is 0 Å². The SMILES string of the molecule is CCCn1nnnc1CN1CCN(S(C)(=O)=O)CC1. The number of aromatic nitrogens is 4. The van der Waals surface area contributed by atoms with E-state index in [1.165, 1.54) is 10.6 Å². The van der Waals surface area contributed by atoms with Crippen LogP contribution in [0.3, 0.4) is 0 Å². The Bertz CT molecular complexity index is 506. The zero-order valence-corrected chi connectivity index (χ0v) is 12.2. The summed E-state index contributed by atoms with van der Waals surface area (Å²) in [4.78, 5) is 2.18. The first-order valence-electron chi connectivity index (χ1n) is 6.43. The van der Waals surface area contributed by atoms with Gasteiger partial charge in [-0.05, 0) is 16.8 Å². The molecule has 0 radical (unpaired) electrons. The molecule has 1 fully saturated rings. The van der Waals surface area contributed by atoms with Gasteiger partial charge in [0.05, 0.1) is 12.8 Å². The van der Waals surface area contributed by atoms with Crippen LogP contribution in [-0.2, 0) is 23.1 Å². The molecular formula is C10H20N6O2S. The number of hydrogen-bond donors (Lipinski definition) is 0. The smallest absolute Gasteiger partial charge is 0.211 e. The lowest BCUT2D eigenvalue weighted by molar-refractivity contribution is 0.176. The second kappa shape index (κ2) is 5.93. The number of rotatable bonds is 5. The minimum Gasteiger partial charge on any atom is -0.293 e. The molecule has 1 aliphatic rings. The summed E-state index contributed by atoms with van der Waals surface area (Å²) in [6.45, 7) is 6.06. The third-order valence-electron chi connectivity index (χ3n) is 3.21. The number of sulfonamides is 1. The van der Waals surface area contributed by atoms with Crippen molar-refractivity contribution in [1.82, 2.24) is 29.4 Å². The Labute approximate surface area is 113 Å². The second-order valence-electron chi connectivity index (χ2n) is 4.76. The van der Waals surface area contributed by atoms with Gasteiger partial charge in [-0.1, -0.05) is 6.92 Å². The molecule has 1 aromatic rings. The Morgan fingerprint density at radius 1 is 1.21 bits per heavy atom. The molecule has 1 aromatic heterocycles. The molecular weight excluding hydrogens is 268 g/mol. The second-order valence-corrected chi connectivity index (χ2v) is 6.74. The average Bonchev–Trinajstić information content (AvgIpc) is 2.77. The van der Waals surface area contributed by atoms with Gasteiger partial charge < -0.3 is 0 Å². The highest BCUT2D eigenvalue weighted by Crippen LogP contribution is 2.09. The summed E-state index contributed by atoms with van der Waals surface area (Å²) in [6, 6.07) is 0. The fourth-order valence-electron chi connectivity index (χ4n) is 2.14. The van der Waals surface area contributed by atoms with Crippen LogP contribution in [0.2, 0.25) is 0 Å². The highest BCUT2D eigenvalue weighted by atomic mass is 32.2. The van der Waals surface area contributed by atoms with E-state index in [9.17, 15) is 8.42 Å². The van der Waals surface area contributed by atoms with E-state index in [1.54, 1.807) is 0 Å². The first kappa shape index (κ1) is 14.4. The van der Waals surface area contributed by atoms with Gasteiger partial charge in [-0.25, -0.2) is 13.1 Å². The molecule has 108 valence electrons. The predicted octanol–water partition coefficient (Wildman–Crippen LogP) is -0.840.